The molecule has 3 N–H and O–H groups in total. The van der Waals surface area contributed by atoms with Gasteiger partial charge in [0.1, 0.15) is 0 Å². The van der Waals surface area contributed by atoms with Gasteiger partial charge in [0.25, 0.3) is 0 Å². The average molecular weight is 227 g/mol. The van der Waals surface area contributed by atoms with Gasteiger partial charge in [0.15, 0.2) is 0 Å². The van der Waals surface area contributed by atoms with E-state index in [0.29, 0.717) is 0 Å². The zero-order valence-corrected chi connectivity index (χ0v) is 9.96. The predicted octanol–water partition coefficient (Wildman–Crippen LogP) is 2.56. The monoisotopic (exact) mass is 227 g/mol. The van der Waals surface area contributed by atoms with E-state index in [2.05, 4.69) is 25.3 Å². The fraction of sp³-hybridized carbons (Fsp3) is 1.00. The second-order valence-corrected chi connectivity index (χ2v) is 3.83. The minimum atomic E-state index is -2.62. The van der Waals surface area contributed by atoms with Gasteiger partial charge in [-0.15, -0.1) is 0 Å². The zero-order chi connectivity index (χ0) is 10.9. The van der Waals surface area contributed by atoms with E-state index in [1.54, 1.807) is 0 Å². The third-order valence-corrected chi connectivity index (χ3v) is 2.64. The van der Waals surface area contributed by atoms with Crippen molar-refractivity contribution in [3.63, 3.8) is 0 Å². The summed E-state index contributed by atoms with van der Waals surface area (Å²) in [6.45, 7) is 6.44. The Bertz CT molecular complexity index is 130. The van der Waals surface area contributed by atoms with Crippen LogP contribution in [0, 0.1) is 0 Å². The van der Waals surface area contributed by atoms with E-state index in [4.69, 9.17) is 10.6 Å². The SMILES string of the molecule is C.CCC(N)(CC)CC.CO[PH](=O)O. The topological polar surface area (TPSA) is 72.5 Å². The normalized spacial score (nSPS) is 12.1. The van der Waals surface area contributed by atoms with Crippen LogP contribution in [0.15, 0.2) is 0 Å². The maximum atomic E-state index is 9.33. The van der Waals surface area contributed by atoms with Crippen LogP contribution >= 0.6 is 8.25 Å². The third-order valence-electron chi connectivity index (χ3n) is 2.29. The van der Waals surface area contributed by atoms with Crippen LogP contribution in [0.1, 0.15) is 47.5 Å². The van der Waals surface area contributed by atoms with Crippen LogP contribution in [0.5, 0.6) is 0 Å². The Balaban J connectivity index is -0.000000177. The molecular formula is C9H26NO3P. The highest BCUT2D eigenvalue weighted by molar-refractivity contribution is 7.32. The Kier molecular flexibility index (Phi) is 15.7. The third kappa shape index (κ3) is 12.1. The van der Waals surface area contributed by atoms with Crippen molar-refractivity contribution in [3.05, 3.63) is 0 Å². The van der Waals surface area contributed by atoms with Crippen molar-refractivity contribution < 1.29 is 14.0 Å². The highest BCUT2D eigenvalue weighted by Gasteiger charge is 2.15. The molecule has 4 nitrogen and oxygen atoms in total. The summed E-state index contributed by atoms with van der Waals surface area (Å²) in [6, 6.07) is 0. The van der Waals surface area contributed by atoms with Crippen molar-refractivity contribution in [2.75, 3.05) is 7.11 Å². The Morgan fingerprint density at radius 3 is 1.50 bits per heavy atom. The largest absolute Gasteiger partial charge is 0.326 e. The molecule has 0 saturated carbocycles. The second kappa shape index (κ2) is 11.2. The van der Waals surface area contributed by atoms with Crippen LogP contribution in [0.25, 0.3) is 0 Å². The van der Waals surface area contributed by atoms with E-state index in [9.17, 15) is 4.57 Å². The molecule has 0 aliphatic rings. The first kappa shape index (κ1) is 19.6. The first-order valence-corrected chi connectivity index (χ1v) is 5.77. The number of hydrogen-bond donors (Lipinski definition) is 2. The van der Waals surface area contributed by atoms with Crippen LogP contribution in [0.3, 0.4) is 0 Å². The van der Waals surface area contributed by atoms with Crippen LogP contribution in [-0.4, -0.2) is 17.5 Å². The molecule has 0 fully saturated rings. The van der Waals surface area contributed by atoms with Crippen molar-refractivity contribution in [2.45, 2.75) is 53.0 Å². The molecule has 0 amide bonds. The Morgan fingerprint density at radius 1 is 1.29 bits per heavy atom. The van der Waals surface area contributed by atoms with Crippen molar-refractivity contribution >= 4 is 8.25 Å². The molecule has 0 aliphatic heterocycles. The molecule has 0 saturated heterocycles. The quantitative estimate of drug-likeness (QED) is 0.724. The summed E-state index contributed by atoms with van der Waals surface area (Å²) in [6.07, 6.45) is 3.29. The minimum Gasteiger partial charge on any atom is -0.326 e. The summed E-state index contributed by atoms with van der Waals surface area (Å²) in [4.78, 5) is 7.69. The summed E-state index contributed by atoms with van der Waals surface area (Å²) in [5.41, 5.74) is 6.02. The Hall–Kier alpha value is 0.110. The summed E-state index contributed by atoms with van der Waals surface area (Å²) in [5, 5.41) is 0. The van der Waals surface area contributed by atoms with E-state index in [1.807, 2.05) is 0 Å². The van der Waals surface area contributed by atoms with Crippen molar-refractivity contribution in [1.29, 1.82) is 0 Å². The van der Waals surface area contributed by atoms with Gasteiger partial charge in [-0.2, -0.15) is 0 Å². The van der Waals surface area contributed by atoms with Gasteiger partial charge in [-0.05, 0) is 19.3 Å². The highest BCUT2D eigenvalue weighted by Crippen LogP contribution is 2.14. The van der Waals surface area contributed by atoms with Gasteiger partial charge in [0.2, 0.25) is 0 Å². The van der Waals surface area contributed by atoms with Gasteiger partial charge < -0.3 is 15.2 Å². The molecule has 5 heteroatoms. The Morgan fingerprint density at radius 2 is 1.50 bits per heavy atom. The van der Waals surface area contributed by atoms with Crippen molar-refractivity contribution in [3.8, 4) is 0 Å². The van der Waals surface area contributed by atoms with Gasteiger partial charge in [-0.3, -0.25) is 4.57 Å². The maximum Gasteiger partial charge on any atom is 0.316 e. The van der Waals surface area contributed by atoms with Crippen LogP contribution in [0.4, 0.5) is 0 Å². The van der Waals surface area contributed by atoms with Gasteiger partial charge in [-0.25, -0.2) is 0 Å². The van der Waals surface area contributed by atoms with E-state index in [0.717, 1.165) is 19.3 Å². The van der Waals surface area contributed by atoms with Crippen molar-refractivity contribution in [2.24, 2.45) is 5.73 Å². The van der Waals surface area contributed by atoms with Crippen LogP contribution in [-0.2, 0) is 9.09 Å². The highest BCUT2D eigenvalue weighted by atomic mass is 31.1. The first-order valence-electron chi connectivity index (χ1n) is 4.51. The standard InChI is InChI=1S/C7H17N.CH5O3P.CH4/c1-4-7(8,5-2)6-3;1-4-5(2)3;/h4-6,8H2,1-3H3;5H,1H3,(H,2,3);1H4. The molecule has 0 aromatic rings. The molecule has 0 aromatic heterocycles. The Labute approximate surface area is 88.8 Å². The van der Waals surface area contributed by atoms with Gasteiger partial charge in [0, 0.05) is 12.6 Å². The van der Waals surface area contributed by atoms with E-state index in [-0.39, 0.29) is 13.0 Å². The smallest absolute Gasteiger partial charge is 0.316 e. The molecule has 14 heavy (non-hydrogen) atoms. The molecular weight excluding hydrogens is 201 g/mol. The minimum absolute atomic E-state index is 0. The lowest BCUT2D eigenvalue weighted by Crippen LogP contribution is -2.37. The molecule has 0 radical (unpaired) electrons. The second-order valence-electron chi connectivity index (χ2n) is 2.89. The molecule has 0 aliphatic carbocycles. The van der Waals surface area contributed by atoms with Crippen LogP contribution < -0.4 is 5.73 Å². The summed E-state index contributed by atoms with van der Waals surface area (Å²) in [7, 11) is -1.44. The lowest BCUT2D eigenvalue weighted by Gasteiger charge is -2.23. The summed E-state index contributed by atoms with van der Waals surface area (Å²) >= 11 is 0. The van der Waals surface area contributed by atoms with Gasteiger partial charge >= 0.3 is 8.25 Å². The maximum absolute atomic E-state index is 9.33. The molecule has 0 spiro atoms. The van der Waals surface area contributed by atoms with E-state index in [1.165, 1.54) is 7.11 Å². The molecule has 1 atom stereocenters. The average Bonchev–Trinajstić information content (AvgIpc) is 2.17. The first-order chi connectivity index (χ1) is 5.95. The van der Waals surface area contributed by atoms with Crippen LogP contribution in [0.2, 0.25) is 0 Å². The molecule has 1 unspecified atom stereocenters. The number of hydrogen-bond acceptors (Lipinski definition) is 3. The number of rotatable bonds is 4. The molecule has 0 aromatic carbocycles. The lowest BCUT2D eigenvalue weighted by molar-refractivity contribution is 0.343. The van der Waals surface area contributed by atoms with Crippen molar-refractivity contribution in [1.82, 2.24) is 0 Å². The molecule has 0 rings (SSSR count). The summed E-state index contributed by atoms with van der Waals surface area (Å²) in [5.74, 6) is 0. The van der Waals surface area contributed by atoms with Gasteiger partial charge in [-0.1, -0.05) is 28.2 Å². The number of nitrogens with two attached hydrogens (primary N) is 1. The van der Waals surface area contributed by atoms with E-state index < -0.39 is 8.25 Å². The molecule has 0 bridgehead atoms. The van der Waals surface area contributed by atoms with E-state index >= 15 is 0 Å². The van der Waals surface area contributed by atoms with Gasteiger partial charge in [0.05, 0.1) is 0 Å². The predicted molar refractivity (Wildman–Crippen MR) is 62.8 cm³/mol. The molecule has 90 valence electrons. The zero-order valence-electron chi connectivity index (χ0n) is 8.96. The fourth-order valence-electron chi connectivity index (χ4n) is 0.750. The fourth-order valence-corrected chi connectivity index (χ4v) is 0.750. The summed E-state index contributed by atoms with van der Waals surface area (Å²) < 4.78 is 13.2. The molecule has 0 heterocycles. The lowest BCUT2D eigenvalue weighted by atomic mass is 9.92.